The second-order valence-electron chi connectivity index (χ2n) is 4.02. The van der Waals surface area contributed by atoms with Gasteiger partial charge in [0, 0.05) is 27.9 Å². The van der Waals surface area contributed by atoms with Crippen LogP contribution in [0.4, 0.5) is 0 Å². The lowest BCUT2D eigenvalue weighted by molar-refractivity contribution is 0.344. The second-order valence-corrected chi connectivity index (χ2v) is 7.99. The predicted molar refractivity (Wildman–Crippen MR) is 89.8 cm³/mol. The number of epoxide rings is 1. The number of halogens is 5. The summed E-state index contributed by atoms with van der Waals surface area (Å²) in [6, 6.07) is 0. The minimum atomic E-state index is -0.349. The molecule has 0 amide bonds. The summed E-state index contributed by atoms with van der Waals surface area (Å²) in [5.41, 5.74) is 0.744. The third-order valence-electron chi connectivity index (χ3n) is 3.03. The maximum atomic E-state index is 5.87. The highest BCUT2D eigenvalue weighted by Crippen LogP contribution is 2.58. The molecule has 94 valence electrons. The third-order valence-corrected chi connectivity index (χ3v) is 9.12. The summed E-state index contributed by atoms with van der Waals surface area (Å²) < 4.78 is 10.8. The molecule has 2 aliphatic rings. The number of hydrogen-bond donors (Lipinski definition) is 0. The lowest BCUT2D eigenvalue weighted by atomic mass is 9.92. The Hall–Kier alpha value is 1.06. The lowest BCUT2D eigenvalue weighted by Crippen LogP contribution is -2.13. The molecular formula is C12H5Br5O. The molecule has 3 rings (SSSR count). The van der Waals surface area contributed by atoms with Crippen molar-refractivity contribution in [3.63, 3.8) is 0 Å². The van der Waals surface area contributed by atoms with E-state index in [9.17, 15) is 0 Å². The van der Waals surface area contributed by atoms with Crippen molar-refractivity contribution in [3.05, 3.63) is 52.2 Å². The minimum absolute atomic E-state index is 0.120. The zero-order valence-corrected chi connectivity index (χ0v) is 16.6. The van der Waals surface area contributed by atoms with Gasteiger partial charge in [0.1, 0.15) is 11.7 Å². The molecule has 6 heteroatoms. The first-order valence-electron chi connectivity index (χ1n) is 5.05. The van der Waals surface area contributed by atoms with Gasteiger partial charge >= 0.3 is 0 Å². The van der Waals surface area contributed by atoms with Crippen molar-refractivity contribution in [2.45, 2.75) is 11.7 Å². The first-order valence-corrected chi connectivity index (χ1v) is 9.01. The molecule has 1 saturated heterocycles. The SMILES string of the molecule is Brc1c(Br)c(Br)c(C23C=CC=CC2O3)c(Br)c1Br. The Bertz CT molecular complexity index is 578. The topological polar surface area (TPSA) is 12.5 Å². The fraction of sp³-hybridized carbons (Fsp3) is 0.167. The quantitative estimate of drug-likeness (QED) is 0.224. The summed E-state index contributed by atoms with van der Waals surface area (Å²) in [7, 11) is 0. The van der Waals surface area contributed by atoms with Gasteiger partial charge in [-0.2, -0.15) is 0 Å². The number of rotatable bonds is 1. The van der Waals surface area contributed by atoms with E-state index in [1.54, 1.807) is 0 Å². The van der Waals surface area contributed by atoms with Gasteiger partial charge in [0.2, 0.25) is 0 Å². The van der Waals surface area contributed by atoms with Crippen molar-refractivity contribution in [3.8, 4) is 0 Å². The number of hydrogen-bond acceptors (Lipinski definition) is 1. The third kappa shape index (κ3) is 1.91. The second kappa shape index (κ2) is 4.81. The maximum Gasteiger partial charge on any atom is 0.144 e. The summed E-state index contributed by atoms with van der Waals surface area (Å²) in [5, 5.41) is 0. The van der Waals surface area contributed by atoms with Gasteiger partial charge in [-0.1, -0.05) is 18.2 Å². The van der Waals surface area contributed by atoms with E-state index in [4.69, 9.17) is 4.74 Å². The molecule has 18 heavy (non-hydrogen) atoms. The van der Waals surface area contributed by atoms with Crippen molar-refractivity contribution in [1.29, 1.82) is 0 Å². The Morgan fingerprint density at radius 3 is 1.94 bits per heavy atom. The molecule has 1 aliphatic carbocycles. The number of benzene rings is 1. The highest BCUT2D eigenvalue weighted by atomic mass is 79.9. The monoisotopic (exact) mass is 560 g/mol. The van der Waals surface area contributed by atoms with Crippen molar-refractivity contribution >= 4 is 79.6 Å². The van der Waals surface area contributed by atoms with Crippen LogP contribution in [0.25, 0.3) is 0 Å². The van der Waals surface area contributed by atoms with E-state index in [0.717, 1.165) is 27.9 Å². The summed E-state index contributed by atoms with van der Waals surface area (Å²) in [5.74, 6) is 0. The molecular weight excluding hydrogens is 560 g/mol. The molecule has 1 nitrogen and oxygen atoms in total. The van der Waals surface area contributed by atoms with Gasteiger partial charge in [0.25, 0.3) is 0 Å². The van der Waals surface area contributed by atoms with Crippen molar-refractivity contribution < 1.29 is 4.74 Å². The van der Waals surface area contributed by atoms with Gasteiger partial charge in [0.05, 0.1) is 0 Å². The molecule has 1 aromatic rings. The van der Waals surface area contributed by atoms with E-state index < -0.39 is 0 Å². The first kappa shape index (κ1) is 14.0. The Labute approximate surface area is 147 Å². The van der Waals surface area contributed by atoms with Gasteiger partial charge < -0.3 is 4.74 Å². The Balaban J connectivity index is 2.26. The molecule has 0 N–H and O–H groups in total. The van der Waals surface area contributed by atoms with Crippen molar-refractivity contribution in [2.75, 3.05) is 0 Å². The zero-order chi connectivity index (χ0) is 13.1. The van der Waals surface area contributed by atoms with Crippen LogP contribution in [0.15, 0.2) is 46.7 Å². The van der Waals surface area contributed by atoms with E-state index in [1.807, 2.05) is 12.2 Å². The fourth-order valence-electron chi connectivity index (χ4n) is 2.09. The van der Waals surface area contributed by atoms with Crippen molar-refractivity contribution in [1.82, 2.24) is 0 Å². The van der Waals surface area contributed by atoms with Gasteiger partial charge in [-0.25, -0.2) is 0 Å². The standard InChI is InChI=1S/C12H5Br5O/c13-7-6(8(14)10(16)11(17)9(7)15)12-4-2-1-3-5(12)18-12/h1-5H. The van der Waals surface area contributed by atoms with Crippen LogP contribution in [-0.2, 0) is 10.3 Å². The average Bonchev–Trinajstić information content (AvgIpc) is 3.09. The van der Waals surface area contributed by atoms with E-state index in [1.165, 1.54) is 0 Å². The highest BCUT2D eigenvalue weighted by Gasteiger charge is 2.57. The van der Waals surface area contributed by atoms with Gasteiger partial charge in [0.15, 0.2) is 0 Å². The van der Waals surface area contributed by atoms with Gasteiger partial charge in [-0.3, -0.25) is 0 Å². The number of allylic oxidation sites excluding steroid dienone is 2. The zero-order valence-electron chi connectivity index (χ0n) is 8.68. The summed E-state index contributed by atoms with van der Waals surface area (Å²) in [6.07, 6.45) is 8.32. The Morgan fingerprint density at radius 2 is 1.39 bits per heavy atom. The highest BCUT2D eigenvalue weighted by molar-refractivity contribution is 9.15. The largest absolute Gasteiger partial charge is 0.352 e. The molecule has 0 radical (unpaired) electrons. The van der Waals surface area contributed by atoms with E-state index in [0.29, 0.717) is 0 Å². The average molecular weight is 565 g/mol. The molecule has 2 unspecified atom stereocenters. The fourth-order valence-corrected chi connectivity index (χ4v) is 5.75. The molecule has 1 fully saturated rings. The molecule has 0 bridgehead atoms. The molecule has 0 aromatic heterocycles. The van der Waals surface area contributed by atoms with Crippen LogP contribution in [-0.4, -0.2) is 6.10 Å². The minimum Gasteiger partial charge on any atom is -0.352 e. The van der Waals surface area contributed by atoms with Crippen LogP contribution >= 0.6 is 79.6 Å². The molecule has 1 heterocycles. The van der Waals surface area contributed by atoms with Crippen LogP contribution in [0.3, 0.4) is 0 Å². The smallest absolute Gasteiger partial charge is 0.144 e. The first-order chi connectivity index (χ1) is 8.49. The van der Waals surface area contributed by atoms with Gasteiger partial charge in [-0.05, 0) is 85.7 Å². The van der Waals surface area contributed by atoms with E-state index in [-0.39, 0.29) is 11.7 Å². The number of fused-ring (bicyclic) bond motifs is 1. The van der Waals surface area contributed by atoms with Crippen LogP contribution in [0.5, 0.6) is 0 Å². The van der Waals surface area contributed by atoms with E-state index >= 15 is 0 Å². The lowest BCUT2D eigenvalue weighted by Gasteiger charge is -2.18. The van der Waals surface area contributed by atoms with Crippen LogP contribution < -0.4 is 0 Å². The molecule has 1 aromatic carbocycles. The molecule has 2 atom stereocenters. The molecule has 0 spiro atoms. The number of ether oxygens (including phenoxy) is 1. The summed E-state index contributed by atoms with van der Waals surface area (Å²) in [4.78, 5) is 0. The molecule has 1 aliphatic heterocycles. The Morgan fingerprint density at radius 1 is 0.833 bits per heavy atom. The Kier molecular flexibility index (Phi) is 3.74. The van der Waals surface area contributed by atoms with Crippen LogP contribution in [0, 0.1) is 0 Å². The summed E-state index contributed by atoms with van der Waals surface area (Å²) in [6.45, 7) is 0. The van der Waals surface area contributed by atoms with E-state index in [2.05, 4.69) is 91.8 Å². The molecule has 0 saturated carbocycles. The summed E-state index contributed by atoms with van der Waals surface area (Å²) >= 11 is 18.0. The van der Waals surface area contributed by atoms with Crippen LogP contribution in [0.1, 0.15) is 5.56 Å². The normalized spacial score (nSPS) is 28.4. The maximum absolute atomic E-state index is 5.87. The van der Waals surface area contributed by atoms with Gasteiger partial charge in [-0.15, -0.1) is 0 Å². The van der Waals surface area contributed by atoms with Crippen molar-refractivity contribution in [2.24, 2.45) is 0 Å². The van der Waals surface area contributed by atoms with Crippen LogP contribution in [0.2, 0.25) is 0 Å². The predicted octanol–water partition coefficient (Wildman–Crippen LogP) is 6.22.